The standard InChI is InChI=1S/C20H31N3O5S2/c1-19-7-6-15(25)20(2,10-24)14(19)9-13-17(22-18(29-13)23-30(3,27)28)12(19)8-16(26)21-11-4-5-11/h11-12,14-15,24-25H,4-10H2,1-3H3,(H,21,26)(H,22,23). The van der Waals surface area contributed by atoms with Gasteiger partial charge in [0.1, 0.15) is 0 Å². The molecule has 0 aromatic carbocycles. The Balaban J connectivity index is 1.75. The highest BCUT2D eigenvalue weighted by Crippen LogP contribution is 2.62. The van der Waals surface area contributed by atoms with Crippen LogP contribution in [0.2, 0.25) is 0 Å². The van der Waals surface area contributed by atoms with E-state index in [2.05, 4.69) is 21.9 Å². The van der Waals surface area contributed by atoms with Crippen LogP contribution in [0.15, 0.2) is 0 Å². The van der Waals surface area contributed by atoms with Crippen LogP contribution in [0.3, 0.4) is 0 Å². The highest BCUT2D eigenvalue weighted by molar-refractivity contribution is 7.92. The number of nitrogens with zero attached hydrogens (tertiary/aromatic N) is 1. The number of anilines is 1. The smallest absolute Gasteiger partial charge is 0.231 e. The van der Waals surface area contributed by atoms with E-state index < -0.39 is 21.5 Å². The van der Waals surface area contributed by atoms with Crippen LogP contribution in [-0.2, 0) is 21.2 Å². The van der Waals surface area contributed by atoms with Gasteiger partial charge in [-0.05, 0) is 43.4 Å². The van der Waals surface area contributed by atoms with Gasteiger partial charge in [-0.3, -0.25) is 9.52 Å². The predicted molar refractivity (Wildman–Crippen MR) is 115 cm³/mol. The number of sulfonamides is 1. The number of aromatic nitrogens is 1. The first-order valence-electron chi connectivity index (χ1n) is 10.5. The Hall–Kier alpha value is -1.23. The molecule has 0 aliphatic heterocycles. The molecule has 1 amide bonds. The Kier molecular flexibility index (Phi) is 5.44. The third-order valence-electron chi connectivity index (χ3n) is 7.50. The molecule has 0 saturated heterocycles. The normalized spacial score (nSPS) is 36.0. The van der Waals surface area contributed by atoms with Crippen molar-refractivity contribution in [1.82, 2.24) is 10.3 Å². The third kappa shape index (κ3) is 3.87. The zero-order valence-electron chi connectivity index (χ0n) is 17.6. The summed E-state index contributed by atoms with van der Waals surface area (Å²) in [7, 11) is -3.46. The quantitative estimate of drug-likeness (QED) is 0.514. The third-order valence-corrected chi connectivity index (χ3v) is 9.20. The number of thiazole rings is 1. The molecule has 4 N–H and O–H groups in total. The van der Waals surface area contributed by atoms with Crippen LogP contribution in [0.1, 0.15) is 62.4 Å². The molecule has 5 atom stereocenters. The SMILES string of the molecule is CC1(CO)C(O)CCC2(C)C(CC(=O)NC3CC3)c3nc(NS(C)(=O)=O)sc3CC12. The summed E-state index contributed by atoms with van der Waals surface area (Å²) in [6, 6.07) is 0.262. The average molecular weight is 458 g/mol. The molecule has 10 heteroatoms. The maximum absolute atomic E-state index is 12.8. The number of aliphatic hydroxyl groups excluding tert-OH is 2. The summed E-state index contributed by atoms with van der Waals surface area (Å²) in [5.74, 6) is -0.260. The second-order valence-electron chi connectivity index (χ2n) is 9.78. The minimum Gasteiger partial charge on any atom is -0.396 e. The first-order valence-corrected chi connectivity index (χ1v) is 13.2. The Labute approximate surface area is 181 Å². The summed E-state index contributed by atoms with van der Waals surface area (Å²) in [4.78, 5) is 18.3. The Morgan fingerprint density at radius 2 is 2.00 bits per heavy atom. The summed E-state index contributed by atoms with van der Waals surface area (Å²) in [6.45, 7) is 3.92. The van der Waals surface area contributed by atoms with Crippen LogP contribution >= 0.6 is 11.3 Å². The fourth-order valence-corrected chi connectivity index (χ4v) is 7.45. The highest BCUT2D eigenvalue weighted by Gasteiger charge is 2.59. The molecule has 2 saturated carbocycles. The summed E-state index contributed by atoms with van der Waals surface area (Å²) >= 11 is 1.29. The molecular weight excluding hydrogens is 426 g/mol. The van der Waals surface area contributed by atoms with Crippen molar-refractivity contribution in [2.45, 2.75) is 70.4 Å². The van der Waals surface area contributed by atoms with Gasteiger partial charge in [-0.25, -0.2) is 13.4 Å². The van der Waals surface area contributed by atoms with Crippen LogP contribution < -0.4 is 10.0 Å². The second kappa shape index (κ2) is 7.43. The topological polar surface area (TPSA) is 129 Å². The number of carbonyl (C=O) groups excluding carboxylic acids is 1. The van der Waals surface area contributed by atoms with E-state index >= 15 is 0 Å². The second-order valence-corrected chi connectivity index (χ2v) is 12.6. The lowest BCUT2D eigenvalue weighted by Crippen LogP contribution is -2.57. The van der Waals surface area contributed by atoms with Crippen LogP contribution in [0.25, 0.3) is 0 Å². The number of aliphatic hydroxyl groups is 2. The van der Waals surface area contributed by atoms with Gasteiger partial charge in [0.25, 0.3) is 0 Å². The lowest BCUT2D eigenvalue weighted by molar-refractivity contribution is -0.144. The average Bonchev–Trinajstić information content (AvgIpc) is 3.37. The fourth-order valence-electron chi connectivity index (χ4n) is 5.55. The lowest BCUT2D eigenvalue weighted by Gasteiger charge is -2.58. The zero-order chi connectivity index (χ0) is 21.9. The van der Waals surface area contributed by atoms with Crippen molar-refractivity contribution in [2.24, 2.45) is 16.7 Å². The highest BCUT2D eigenvalue weighted by atomic mass is 32.2. The van der Waals surface area contributed by atoms with Gasteiger partial charge >= 0.3 is 0 Å². The van der Waals surface area contributed by atoms with Crippen LogP contribution in [0, 0.1) is 16.7 Å². The number of hydrogen-bond donors (Lipinski definition) is 4. The van der Waals surface area contributed by atoms with Gasteiger partial charge in [-0.15, -0.1) is 11.3 Å². The molecule has 5 unspecified atom stereocenters. The van der Waals surface area contributed by atoms with E-state index in [-0.39, 0.29) is 42.2 Å². The molecule has 3 aliphatic rings. The predicted octanol–water partition coefficient (Wildman–Crippen LogP) is 1.60. The van der Waals surface area contributed by atoms with E-state index in [4.69, 9.17) is 0 Å². The minimum absolute atomic E-state index is 0.0160. The van der Waals surface area contributed by atoms with Gasteiger partial charge in [0.05, 0.1) is 24.7 Å². The number of rotatable bonds is 6. The first kappa shape index (κ1) is 22.0. The maximum Gasteiger partial charge on any atom is 0.231 e. The Bertz CT molecular complexity index is 944. The molecule has 0 radical (unpaired) electrons. The first-order chi connectivity index (χ1) is 14.0. The van der Waals surface area contributed by atoms with Gasteiger partial charge in [-0.2, -0.15) is 0 Å². The number of fused-ring (bicyclic) bond motifs is 2. The molecule has 3 aliphatic carbocycles. The van der Waals surface area contributed by atoms with E-state index in [0.717, 1.165) is 36.1 Å². The Morgan fingerprint density at radius 3 is 2.60 bits per heavy atom. The minimum atomic E-state index is -3.46. The molecule has 0 spiro atoms. The van der Waals surface area contributed by atoms with Gasteiger partial charge in [0.15, 0.2) is 5.13 Å². The van der Waals surface area contributed by atoms with Crippen molar-refractivity contribution in [3.05, 3.63) is 10.6 Å². The molecule has 8 nitrogen and oxygen atoms in total. The van der Waals surface area contributed by atoms with Crippen molar-refractivity contribution < 1.29 is 23.4 Å². The lowest BCUT2D eigenvalue weighted by atomic mass is 9.47. The molecule has 30 heavy (non-hydrogen) atoms. The van der Waals surface area contributed by atoms with Crippen molar-refractivity contribution >= 4 is 32.4 Å². The van der Waals surface area contributed by atoms with Crippen molar-refractivity contribution in [2.75, 3.05) is 17.6 Å². The van der Waals surface area contributed by atoms with E-state index in [1.54, 1.807) is 0 Å². The van der Waals surface area contributed by atoms with E-state index in [0.29, 0.717) is 18.0 Å². The van der Waals surface area contributed by atoms with E-state index in [9.17, 15) is 23.4 Å². The molecule has 2 fully saturated rings. The van der Waals surface area contributed by atoms with Gasteiger partial charge in [0.2, 0.25) is 15.9 Å². The van der Waals surface area contributed by atoms with Crippen molar-refractivity contribution in [3.8, 4) is 0 Å². The molecule has 4 rings (SSSR count). The Morgan fingerprint density at radius 1 is 1.30 bits per heavy atom. The van der Waals surface area contributed by atoms with Crippen molar-refractivity contribution in [3.63, 3.8) is 0 Å². The monoisotopic (exact) mass is 457 g/mol. The summed E-state index contributed by atoms with van der Waals surface area (Å²) in [6.07, 6.45) is 4.64. The van der Waals surface area contributed by atoms with E-state index in [1.807, 2.05) is 6.92 Å². The van der Waals surface area contributed by atoms with Gasteiger partial charge in [0, 0.05) is 28.7 Å². The van der Waals surface area contributed by atoms with E-state index in [1.165, 1.54) is 11.3 Å². The van der Waals surface area contributed by atoms with Gasteiger partial charge in [-0.1, -0.05) is 13.8 Å². The molecule has 0 bridgehead atoms. The zero-order valence-corrected chi connectivity index (χ0v) is 19.3. The molecular formula is C20H31N3O5S2. The molecule has 1 aromatic rings. The summed E-state index contributed by atoms with van der Waals surface area (Å²) in [5, 5.41) is 24.3. The van der Waals surface area contributed by atoms with Crippen LogP contribution in [0.5, 0.6) is 0 Å². The van der Waals surface area contributed by atoms with Gasteiger partial charge < -0.3 is 15.5 Å². The number of amides is 1. The fraction of sp³-hybridized carbons (Fsp3) is 0.800. The summed E-state index contributed by atoms with van der Waals surface area (Å²) < 4.78 is 25.9. The van der Waals surface area contributed by atoms with Crippen LogP contribution in [-0.4, -0.2) is 54.5 Å². The molecule has 1 aromatic heterocycles. The maximum atomic E-state index is 12.8. The molecule has 1 heterocycles. The number of hydrogen-bond acceptors (Lipinski definition) is 7. The van der Waals surface area contributed by atoms with Crippen LogP contribution in [0.4, 0.5) is 5.13 Å². The molecule has 168 valence electrons. The van der Waals surface area contributed by atoms with Crippen molar-refractivity contribution in [1.29, 1.82) is 0 Å². The number of nitrogens with one attached hydrogen (secondary N) is 2. The largest absolute Gasteiger partial charge is 0.396 e. The number of carbonyl (C=O) groups is 1. The summed E-state index contributed by atoms with van der Waals surface area (Å²) in [5.41, 5.74) is -0.238.